The van der Waals surface area contributed by atoms with Crippen LogP contribution < -0.4 is 0 Å². The number of amides is 2. The average molecular weight is 436 g/mol. The first-order chi connectivity index (χ1) is 15.5. The van der Waals surface area contributed by atoms with Crippen LogP contribution in [0.25, 0.3) is 11.1 Å². The molecule has 4 rings (SSSR count). The first-order valence-electron chi connectivity index (χ1n) is 10.4. The molecule has 1 heterocycles. The molecule has 0 radical (unpaired) electrons. The number of hydrogen-bond donors (Lipinski definition) is 1. The minimum Gasteiger partial charge on any atom is -0.480 e. The van der Waals surface area contributed by atoms with E-state index in [1.807, 2.05) is 36.4 Å². The zero-order valence-corrected chi connectivity index (χ0v) is 17.5. The Hall–Kier alpha value is -3.81. The Balaban J connectivity index is 1.42. The highest BCUT2D eigenvalue weighted by molar-refractivity contribution is 5.82. The summed E-state index contributed by atoms with van der Waals surface area (Å²) in [5.74, 6) is -1.30. The van der Waals surface area contributed by atoms with E-state index in [4.69, 9.17) is 9.47 Å². The maximum Gasteiger partial charge on any atom is 0.410 e. The molecule has 166 valence electrons. The van der Waals surface area contributed by atoms with Gasteiger partial charge in [0.15, 0.2) is 6.04 Å². The number of rotatable bonds is 5. The lowest BCUT2D eigenvalue weighted by Gasteiger charge is -2.38. The number of carbonyl (C=O) groups excluding carboxylic acids is 2. The summed E-state index contributed by atoms with van der Waals surface area (Å²) in [6.07, 6.45) is 0.0577. The summed E-state index contributed by atoms with van der Waals surface area (Å²) in [6.45, 7) is 3.62. The van der Waals surface area contributed by atoms with Crippen LogP contribution in [-0.4, -0.2) is 72.0 Å². The van der Waals surface area contributed by atoms with Crippen LogP contribution in [0.1, 0.15) is 17.0 Å². The van der Waals surface area contributed by atoms with E-state index < -0.39 is 24.2 Å². The lowest BCUT2D eigenvalue weighted by atomic mass is 9.98. The molecule has 1 aliphatic heterocycles. The van der Waals surface area contributed by atoms with Gasteiger partial charge in [0, 0.05) is 19.0 Å². The minimum absolute atomic E-state index is 0.0161. The van der Waals surface area contributed by atoms with E-state index in [0.717, 1.165) is 27.2 Å². The van der Waals surface area contributed by atoms with Gasteiger partial charge in [0.2, 0.25) is 0 Å². The van der Waals surface area contributed by atoms with Crippen molar-refractivity contribution in [3.63, 3.8) is 0 Å². The highest BCUT2D eigenvalue weighted by atomic mass is 16.6. The van der Waals surface area contributed by atoms with Gasteiger partial charge in [-0.3, -0.25) is 4.90 Å². The van der Waals surface area contributed by atoms with Crippen molar-refractivity contribution in [1.29, 1.82) is 0 Å². The van der Waals surface area contributed by atoms with Gasteiger partial charge in [0.05, 0.1) is 6.54 Å². The van der Waals surface area contributed by atoms with Crippen LogP contribution in [0, 0.1) is 0 Å². The van der Waals surface area contributed by atoms with Gasteiger partial charge in [-0.05, 0) is 22.3 Å². The molecular weight excluding hydrogens is 412 g/mol. The van der Waals surface area contributed by atoms with E-state index in [0.29, 0.717) is 0 Å². The van der Waals surface area contributed by atoms with Crippen LogP contribution in [0.3, 0.4) is 0 Å². The molecule has 0 saturated carbocycles. The van der Waals surface area contributed by atoms with Crippen molar-refractivity contribution in [3.05, 3.63) is 72.3 Å². The first-order valence-corrected chi connectivity index (χ1v) is 10.4. The van der Waals surface area contributed by atoms with Crippen LogP contribution in [0.15, 0.2) is 61.2 Å². The number of hydrogen-bond acceptors (Lipinski definition) is 5. The number of fused-ring (bicyclic) bond motifs is 3. The summed E-state index contributed by atoms with van der Waals surface area (Å²) in [4.78, 5) is 39.0. The number of carboxylic acid groups (broad SMARTS) is 1. The molecule has 1 atom stereocenters. The van der Waals surface area contributed by atoms with Gasteiger partial charge >= 0.3 is 18.2 Å². The molecule has 1 aliphatic carbocycles. The third-order valence-electron chi connectivity index (χ3n) is 5.82. The van der Waals surface area contributed by atoms with Gasteiger partial charge in [0.1, 0.15) is 13.2 Å². The van der Waals surface area contributed by atoms with Crippen molar-refractivity contribution in [2.45, 2.75) is 12.0 Å². The van der Waals surface area contributed by atoms with Gasteiger partial charge in [0.25, 0.3) is 0 Å². The largest absolute Gasteiger partial charge is 0.480 e. The van der Waals surface area contributed by atoms with E-state index in [1.54, 1.807) is 0 Å². The number of ether oxygens (including phenoxy) is 2. The molecule has 1 saturated heterocycles. The normalized spacial score (nSPS) is 17.3. The quantitative estimate of drug-likeness (QED) is 0.723. The highest BCUT2D eigenvalue weighted by Gasteiger charge is 2.39. The Kier molecular flexibility index (Phi) is 6.11. The van der Waals surface area contributed by atoms with Gasteiger partial charge in [-0.25, -0.2) is 14.4 Å². The molecule has 2 amide bonds. The zero-order chi connectivity index (χ0) is 22.7. The van der Waals surface area contributed by atoms with E-state index in [9.17, 15) is 19.5 Å². The predicted octanol–water partition coefficient (Wildman–Crippen LogP) is 3.33. The molecule has 8 nitrogen and oxygen atoms in total. The lowest BCUT2D eigenvalue weighted by molar-refractivity contribution is -0.144. The van der Waals surface area contributed by atoms with Crippen molar-refractivity contribution >= 4 is 18.2 Å². The van der Waals surface area contributed by atoms with E-state index in [2.05, 4.69) is 18.7 Å². The fourth-order valence-electron chi connectivity index (χ4n) is 4.28. The van der Waals surface area contributed by atoms with Crippen molar-refractivity contribution in [1.82, 2.24) is 9.80 Å². The Morgan fingerprint density at radius 3 is 2.19 bits per heavy atom. The molecule has 8 heteroatoms. The van der Waals surface area contributed by atoms with E-state index in [-0.39, 0.29) is 38.8 Å². The van der Waals surface area contributed by atoms with Crippen LogP contribution >= 0.6 is 0 Å². The topological polar surface area (TPSA) is 96.4 Å². The number of piperazine rings is 1. The summed E-state index contributed by atoms with van der Waals surface area (Å²) < 4.78 is 10.6. The fraction of sp³-hybridized carbons (Fsp3) is 0.292. The van der Waals surface area contributed by atoms with Crippen molar-refractivity contribution < 1.29 is 29.0 Å². The van der Waals surface area contributed by atoms with Gasteiger partial charge in [-0.2, -0.15) is 0 Å². The highest BCUT2D eigenvalue weighted by Crippen LogP contribution is 2.44. The molecule has 2 aliphatic rings. The monoisotopic (exact) mass is 436 g/mol. The summed E-state index contributed by atoms with van der Waals surface area (Å²) in [5.41, 5.74) is 4.45. The van der Waals surface area contributed by atoms with Crippen molar-refractivity contribution in [2.75, 3.05) is 32.8 Å². The van der Waals surface area contributed by atoms with Gasteiger partial charge in [-0.15, -0.1) is 0 Å². The molecule has 1 N–H and O–H groups in total. The van der Waals surface area contributed by atoms with Crippen LogP contribution in [0.4, 0.5) is 9.59 Å². The number of carbonyl (C=O) groups is 3. The van der Waals surface area contributed by atoms with Crippen molar-refractivity contribution in [3.8, 4) is 11.1 Å². The second-order valence-corrected chi connectivity index (χ2v) is 7.66. The molecule has 0 aromatic heterocycles. The second-order valence-electron chi connectivity index (χ2n) is 7.66. The van der Waals surface area contributed by atoms with Crippen LogP contribution in [0.5, 0.6) is 0 Å². The number of carboxylic acids is 1. The van der Waals surface area contributed by atoms with Gasteiger partial charge in [-0.1, -0.05) is 61.2 Å². The Bertz CT molecular complexity index is 1010. The molecule has 1 unspecified atom stereocenters. The zero-order valence-electron chi connectivity index (χ0n) is 17.5. The summed E-state index contributed by atoms with van der Waals surface area (Å²) in [7, 11) is 0. The van der Waals surface area contributed by atoms with Crippen molar-refractivity contribution in [2.24, 2.45) is 0 Å². The fourth-order valence-corrected chi connectivity index (χ4v) is 4.28. The third kappa shape index (κ3) is 4.03. The molecule has 2 aromatic carbocycles. The minimum atomic E-state index is -1.21. The maximum atomic E-state index is 12.8. The molecule has 32 heavy (non-hydrogen) atoms. The molecule has 2 aromatic rings. The Morgan fingerprint density at radius 2 is 1.59 bits per heavy atom. The van der Waals surface area contributed by atoms with E-state index >= 15 is 0 Å². The smallest absolute Gasteiger partial charge is 0.410 e. The molecule has 0 bridgehead atoms. The summed E-state index contributed by atoms with van der Waals surface area (Å²) in [6, 6.07) is 14.8. The molecule has 0 spiro atoms. The SMILES string of the molecule is C=CCOC(=O)N1CCN(C(=O)OCC2c3ccccc3-c3ccccc32)CC1C(=O)O. The van der Waals surface area contributed by atoms with E-state index in [1.165, 1.54) is 11.0 Å². The summed E-state index contributed by atoms with van der Waals surface area (Å²) >= 11 is 0. The van der Waals surface area contributed by atoms with Crippen LogP contribution in [0.2, 0.25) is 0 Å². The second kappa shape index (κ2) is 9.13. The molecular formula is C24H24N2O6. The Morgan fingerprint density at radius 1 is 0.969 bits per heavy atom. The third-order valence-corrected chi connectivity index (χ3v) is 5.82. The van der Waals surface area contributed by atoms with Crippen LogP contribution in [-0.2, 0) is 14.3 Å². The predicted molar refractivity (Wildman–Crippen MR) is 116 cm³/mol. The maximum absolute atomic E-state index is 12.8. The standard InChI is InChI=1S/C24H24N2O6/c1-2-13-31-24(30)26-12-11-25(14-21(26)22(27)28)23(29)32-15-20-18-9-5-3-7-16(18)17-8-4-6-10-19(17)20/h2-10,20-21H,1,11-15H2,(H,27,28). The average Bonchev–Trinajstić information content (AvgIpc) is 3.14. The molecule has 1 fully saturated rings. The summed E-state index contributed by atoms with van der Waals surface area (Å²) in [5, 5.41) is 9.56. The number of benzene rings is 2. The first kappa shape index (κ1) is 21.4. The number of nitrogens with zero attached hydrogens (tertiary/aromatic N) is 2. The lowest BCUT2D eigenvalue weighted by Crippen LogP contribution is -2.59. The van der Waals surface area contributed by atoms with Gasteiger partial charge < -0.3 is 19.5 Å². The number of aliphatic carboxylic acids is 1. The Labute approximate surface area is 185 Å².